The monoisotopic (exact) mass is 405 g/mol. The predicted molar refractivity (Wildman–Crippen MR) is 113 cm³/mol. The molecule has 2 aromatic carbocycles. The van der Waals surface area contributed by atoms with Crippen LogP contribution in [0.4, 0.5) is 0 Å². The van der Waals surface area contributed by atoms with Crippen LogP contribution in [-0.4, -0.2) is 32.4 Å². The first kappa shape index (κ1) is 18.9. The minimum atomic E-state index is -0.394. The summed E-state index contributed by atoms with van der Waals surface area (Å²) in [6, 6.07) is 17.6. The largest absolute Gasteiger partial charge is 0.462 e. The van der Waals surface area contributed by atoms with Gasteiger partial charge in [-0.2, -0.15) is 0 Å². The second-order valence-electron chi connectivity index (χ2n) is 6.22. The molecule has 0 aliphatic rings. The molecule has 0 bridgehead atoms. The van der Waals surface area contributed by atoms with Crippen LogP contribution in [0.3, 0.4) is 0 Å². The number of para-hydroxylation sites is 1. The number of nitrogens with zero attached hydrogens (tertiary/aromatic N) is 4. The Morgan fingerprint density at radius 1 is 1.14 bits per heavy atom. The number of pyridine rings is 1. The van der Waals surface area contributed by atoms with E-state index in [0.29, 0.717) is 22.2 Å². The highest BCUT2D eigenvalue weighted by Gasteiger charge is 2.23. The predicted octanol–water partition coefficient (Wildman–Crippen LogP) is 3.68. The van der Waals surface area contributed by atoms with Crippen molar-refractivity contribution in [2.75, 3.05) is 12.4 Å². The van der Waals surface area contributed by atoms with E-state index in [1.165, 1.54) is 22.8 Å². The van der Waals surface area contributed by atoms with E-state index in [2.05, 4.69) is 10.2 Å². The summed E-state index contributed by atoms with van der Waals surface area (Å²) in [5.74, 6) is 5.82. The van der Waals surface area contributed by atoms with E-state index in [4.69, 9.17) is 15.6 Å². The topological polar surface area (TPSA) is 95.9 Å². The molecule has 0 saturated carbocycles. The second kappa shape index (κ2) is 8.32. The molecule has 0 saturated heterocycles. The number of hydrogen-bond acceptors (Lipinski definition) is 7. The first-order valence-electron chi connectivity index (χ1n) is 9.11. The van der Waals surface area contributed by atoms with Crippen LogP contribution in [0, 0.1) is 0 Å². The maximum atomic E-state index is 13.0. The van der Waals surface area contributed by atoms with Gasteiger partial charge in [-0.15, -0.1) is 10.2 Å². The summed E-state index contributed by atoms with van der Waals surface area (Å²) in [4.78, 5) is 17.8. The first-order chi connectivity index (χ1) is 14.2. The fourth-order valence-electron chi connectivity index (χ4n) is 3.16. The number of benzene rings is 2. The molecule has 0 unspecified atom stereocenters. The third-order valence-corrected chi connectivity index (χ3v) is 5.36. The van der Waals surface area contributed by atoms with E-state index in [1.54, 1.807) is 6.92 Å². The molecule has 0 atom stereocenters. The van der Waals surface area contributed by atoms with Crippen molar-refractivity contribution in [3.63, 3.8) is 0 Å². The number of nitrogens with two attached hydrogens (primary N) is 1. The van der Waals surface area contributed by atoms with Crippen LogP contribution in [0.5, 0.6) is 0 Å². The van der Waals surface area contributed by atoms with Crippen molar-refractivity contribution in [3.05, 3.63) is 72.2 Å². The van der Waals surface area contributed by atoms with Crippen LogP contribution in [0.25, 0.3) is 22.0 Å². The lowest BCUT2D eigenvalue weighted by Gasteiger charge is -2.16. The molecule has 0 aliphatic heterocycles. The van der Waals surface area contributed by atoms with Crippen LogP contribution < -0.4 is 5.84 Å². The first-order valence-corrected chi connectivity index (χ1v) is 10.1. The highest BCUT2D eigenvalue weighted by atomic mass is 32.2. The molecule has 0 radical (unpaired) electrons. The van der Waals surface area contributed by atoms with Crippen LogP contribution in [0.1, 0.15) is 23.0 Å². The van der Waals surface area contributed by atoms with Gasteiger partial charge in [-0.1, -0.05) is 60.3 Å². The van der Waals surface area contributed by atoms with Crippen LogP contribution in [0.15, 0.2) is 66.1 Å². The van der Waals surface area contributed by atoms with Gasteiger partial charge in [0.25, 0.3) is 0 Å². The Balaban J connectivity index is 1.92. The lowest BCUT2D eigenvalue weighted by molar-refractivity contribution is 0.0526. The number of aromatic nitrogens is 4. The third kappa shape index (κ3) is 3.79. The summed E-state index contributed by atoms with van der Waals surface area (Å²) >= 11 is 1.36. The van der Waals surface area contributed by atoms with Crippen molar-refractivity contribution in [2.24, 2.45) is 0 Å². The number of rotatable bonds is 6. The number of fused-ring (bicyclic) bond motifs is 1. The molecule has 29 heavy (non-hydrogen) atoms. The van der Waals surface area contributed by atoms with Crippen molar-refractivity contribution in [1.29, 1.82) is 0 Å². The Hall–Kier alpha value is -3.39. The van der Waals surface area contributed by atoms with Gasteiger partial charge >= 0.3 is 5.97 Å². The van der Waals surface area contributed by atoms with Gasteiger partial charge in [0, 0.05) is 16.7 Å². The minimum Gasteiger partial charge on any atom is -0.462 e. The number of carbonyl (C=O) groups excluding carboxylic acids is 1. The van der Waals surface area contributed by atoms with Crippen LogP contribution >= 0.6 is 11.8 Å². The fraction of sp³-hybridized carbons (Fsp3) is 0.143. The van der Waals surface area contributed by atoms with E-state index >= 15 is 0 Å². The molecule has 2 aromatic heterocycles. The van der Waals surface area contributed by atoms with E-state index in [0.717, 1.165) is 22.0 Å². The van der Waals surface area contributed by atoms with Crippen LogP contribution in [-0.2, 0) is 10.5 Å². The van der Waals surface area contributed by atoms with Gasteiger partial charge in [-0.25, -0.2) is 9.47 Å². The van der Waals surface area contributed by atoms with E-state index in [1.807, 2.05) is 54.6 Å². The lowest BCUT2D eigenvalue weighted by atomic mass is 9.94. The zero-order valence-electron chi connectivity index (χ0n) is 15.8. The Morgan fingerprint density at radius 2 is 1.90 bits per heavy atom. The van der Waals surface area contributed by atoms with Gasteiger partial charge in [0.05, 0.1) is 23.4 Å². The van der Waals surface area contributed by atoms with Gasteiger partial charge < -0.3 is 10.6 Å². The summed E-state index contributed by atoms with van der Waals surface area (Å²) in [5.41, 5.74) is 3.65. The highest BCUT2D eigenvalue weighted by molar-refractivity contribution is 7.98. The lowest BCUT2D eigenvalue weighted by Crippen LogP contribution is -2.13. The Morgan fingerprint density at radius 3 is 2.62 bits per heavy atom. The van der Waals surface area contributed by atoms with Gasteiger partial charge in [0.15, 0.2) is 0 Å². The maximum Gasteiger partial charge on any atom is 0.340 e. The van der Waals surface area contributed by atoms with Crippen molar-refractivity contribution < 1.29 is 9.53 Å². The van der Waals surface area contributed by atoms with Gasteiger partial charge in [-0.3, -0.25) is 4.98 Å². The fourth-order valence-corrected chi connectivity index (χ4v) is 3.94. The molecular formula is C21H19N5O2S. The number of thioether (sulfide) groups is 1. The smallest absolute Gasteiger partial charge is 0.340 e. The molecule has 0 amide bonds. The Kier molecular flexibility index (Phi) is 5.44. The highest BCUT2D eigenvalue weighted by Crippen LogP contribution is 2.35. The number of carbonyl (C=O) groups is 1. The van der Waals surface area contributed by atoms with Crippen molar-refractivity contribution in [3.8, 4) is 11.1 Å². The average molecular weight is 405 g/mol. The molecule has 8 heteroatoms. The molecule has 4 rings (SSSR count). The molecular weight excluding hydrogens is 386 g/mol. The molecule has 146 valence electrons. The number of ether oxygens (including phenoxy) is 1. The van der Waals surface area contributed by atoms with Crippen LogP contribution in [0.2, 0.25) is 0 Å². The van der Waals surface area contributed by atoms with E-state index < -0.39 is 5.97 Å². The summed E-state index contributed by atoms with van der Waals surface area (Å²) in [7, 11) is 0. The second-order valence-corrected chi connectivity index (χ2v) is 7.16. The van der Waals surface area contributed by atoms with Gasteiger partial charge in [0.2, 0.25) is 5.16 Å². The van der Waals surface area contributed by atoms with E-state index in [9.17, 15) is 4.79 Å². The molecule has 4 aromatic rings. The summed E-state index contributed by atoms with van der Waals surface area (Å²) in [6.07, 6.45) is 1.43. The number of nitrogen functional groups attached to an aromatic ring is 1. The Labute approximate surface area is 171 Å². The molecule has 7 nitrogen and oxygen atoms in total. The van der Waals surface area contributed by atoms with Crippen molar-refractivity contribution in [1.82, 2.24) is 19.9 Å². The SMILES string of the molecule is CCOC(=O)c1c(CSc2nncn2N)nc2ccccc2c1-c1ccccc1. The number of esters is 1. The van der Waals surface area contributed by atoms with Gasteiger partial charge in [0.1, 0.15) is 6.33 Å². The van der Waals surface area contributed by atoms with Gasteiger partial charge in [-0.05, 0) is 18.6 Å². The molecule has 2 heterocycles. The van der Waals surface area contributed by atoms with Crippen molar-refractivity contribution >= 4 is 28.6 Å². The normalized spacial score (nSPS) is 10.9. The minimum absolute atomic E-state index is 0.281. The zero-order valence-corrected chi connectivity index (χ0v) is 16.6. The summed E-state index contributed by atoms with van der Waals surface area (Å²) in [5, 5.41) is 9.22. The molecule has 0 aliphatic carbocycles. The quantitative estimate of drug-likeness (QED) is 0.297. The third-order valence-electron chi connectivity index (χ3n) is 4.39. The van der Waals surface area contributed by atoms with E-state index in [-0.39, 0.29) is 6.61 Å². The number of hydrogen-bond donors (Lipinski definition) is 1. The van der Waals surface area contributed by atoms with Crippen molar-refractivity contribution in [2.45, 2.75) is 17.8 Å². The molecule has 0 fully saturated rings. The average Bonchev–Trinajstić information content (AvgIpc) is 3.16. The zero-order chi connectivity index (χ0) is 20.2. The standard InChI is InChI=1S/C21H19N5O2S/c1-2-28-20(27)19-17(12-29-21-25-23-13-26(21)22)24-16-11-7-6-10-15(16)18(19)14-8-4-3-5-9-14/h3-11,13H,2,12,22H2,1H3. The summed E-state index contributed by atoms with van der Waals surface area (Å²) in [6.45, 7) is 2.07. The maximum absolute atomic E-state index is 13.0. The summed E-state index contributed by atoms with van der Waals surface area (Å²) < 4.78 is 6.74. The molecule has 2 N–H and O–H groups in total. The Bertz CT molecular complexity index is 1160. The molecule has 0 spiro atoms.